The first-order valence-corrected chi connectivity index (χ1v) is 12.5. The zero-order chi connectivity index (χ0) is 29.0. The number of hydrogen-bond donors (Lipinski definition) is 0. The van der Waals surface area contributed by atoms with E-state index in [4.69, 9.17) is 4.74 Å². The van der Waals surface area contributed by atoms with Gasteiger partial charge in [0.05, 0.1) is 28.7 Å². The van der Waals surface area contributed by atoms with Crippen LogP contribution in [0.4, 0.5) is 30.7 Å². The predicted molar refractivity (Wildman–Crippen MR) is 127 cm³/mol. The number of hydrogen-bond acceptors (Lipinski definition) is 4. The molecule has 0 saturated carbocycles. The zero-order valence-corrected chi connectivity index (χ0v) is 21.4. The zero-order valence-electron chi connectivity index (χ0n) is 21.4. The monoisotopic (exact) mass is 570 g/mol. The van der Waals surface area contributed by atoms with Gasteiger partial charge in [0.15, 0.2) is 0 Å². The molecule has 0 aliphatic carbocycles. The Balaban J connectivity index is 1.46. The second-order valence-corrected chi connectivity index (χ2v) is 10.7. The molecule has 6 nitrogen and oxygen atoms in total. The van der Waals surface area contributed by atoms with Gasteiger partial charge in [-0.3, -0.25) is 4.79 Å². The van der Waals surface area contributed by atoms with E-state index in [2.05, 4.69) is 10.2 Å². The van der Waals surface area contributed by atoms with Crippen molar-refractivity contribution in [2.45, 2.75) is 63.3 Å². The van der Waals surface area contributed by atoms with E-state index in [1.807, 2.05) is 6.92 Å². The molecule has 3 aromatic rings. The van der Waals surface area contributed by atoms with Gasteiger partial charge in [-0.25, -0.2) is 4.39 Å². The van der Waals surface area contributed by atoms with E-state index in [1.165, 1.54) is 31.7 Å². The molecule has 2 aliphatic rings. The van der Waals surface area contributed by atoms with Crippen molar-refractivity contribution in [2.24, 2.45) is 5.41 Å². The molecule has 3 heterocycles. The number of fused-ring (bicyclic) bond motifs is 1. The number of rotatable bonds is 6. The second kappa shape index (κ2) is 9.86. The summed E-state index contributed by atoms with van der Waals surface area (Å²) < 4.78 is 102. The van der Waals surface area contributed by atoms with Crippen LogP contribution in [0, 0.1) is 11.2 Å². The minimum absolute atomic E-state index is 0.0680. The van der Waals surface area contributed by atoms with Crippen molar-refractivity contribution in [3.63, 3.8) is 0 Å². The number of carbonyl (C=O) groups excluding carboxylic acids is 1. The van der Waals surface area contributed by atoms with Gasteiger partial charge >= 0.3 is 12.4 Å². The highest BCUT2D eigenvalue weighted by atomic mass is 19.4. The standard InChI is InChI=1S/C27H25F7N4O2/c1-15(17-7-18(26(29,30)31)9-19(8-17)27(32,33)34)40-22-11-38-21(23(22)16-3-5-20(28)6-4-16)10-25(2,24(38)39)12-37-13-35-36-14-37/h3-9,13-15,21-23H,10-12H2,1-2H3/t15-,21+,22+,23+,25?/m1/s1. The summed E-state index contributed by atoms with van der Waals surface area (Å²) in [6.45, 7) is 3.57. The number of ether oxygens (including phenoxy) is 1. The lowest BCUT2D eigenvalue weighted by Gasteiger charge is -2.29. The quantitative estimate of drug-likeness (QED) is 0.341. The van der Waals surface area contributed by atoms with Crippen LogP contribution in [0.25, 0.3) is 0 Å². The minimum atomic E-state index is -5.00. The maximum atomic E-state index is 13.7. The van der Waals surface area contributed by atoms with Crippen molar-refractivity contribution in [1.82, 2.24) is 19.7 Å². The Morgan fingerprint density at radius 3 is 2.12 bits per heavy atom. The summed E-state index contributed by atoms with van der Waals surface area (Å²) in [6, 6.07) is 6.59. The van der Waals surface area contributed by atoms with Gasteiger partial charge in [-0.15, -0.1) is 10.2 Å². The van der Waals surface area contributed by atoms with Crippen molar-refractivity contribution in [3.05, 3.63) is 83.2 Å². The maximum absolute atomic E-state index is 13.7. The van der Waals surface area contributed by atoms with Crippen LogP contribution in [-0.2, 0) is 28.4 Å². The molecule has 5 atom stereocenters. The molecule has 0 spiro atoms. The van der Waals surface area contributed by atoms with Gasteiger partial charge < -0.3 is 14.2 Å². The number of aromatic nitrogens is 3. The van der Waals surface area contributed by atoms with Gasteiger partial charge in [0.25, 0.3) is 0 Å². The van der Waals surface area contributed by atoms with E-state index in [0.29, 0.717) is 30.7 Å². The molecule has 2 fully saturated rings. The molecule has 2 aromatic carbocycles. The van der Waals surface area contributed by atoms with Crippen molar-refractivity contribution < 1.29 is 40.3 Å². The van der Waals surface area contributed by atoms with Crippen molar-refractivity contribution in [1.29, 1.82) is 0 Å². The lowest BCUT2D eigenvalue weighted by molar-refractivity contribution is -0.143. The van der Waals surface area contributed by atoms with Gasteiger partial charge in [-0.05, 0) is 61.7 Å². The molecule has 0 bridgehead atoms. The Labute approximate surface area is 224 Å². The average molecular weight is 571 g/mol. The normalized spacial score (nSPS) is 25.9. The van der Waals surface area contributed by atoms with Crippen LogP contribution in [-0.4, -0.2) is 44.3 Å². The molecule has 2 saturated heterocycles. The first-order chi connectivity index (χ1) is 18.7. The first kappa shape index (κ1) is 28.1. The smallest absolute Gasteiger partial charge is 0.368 e. The van der Waals surface area contributed by atoms with Crippen LogP contribution in [0.5, 0.6) is 0 Å². The highest BCUT2D eigenvalue weighted by Gasteiger charge is 2.57. The topological polar surface area (TPSA) is 60.2 Å². The van der Waals surface area contributed by atoms with Crippen molar-refractivity contribution in [3.8, 4) is 0 Å². The fourth-order valence-electron chi connectivity index (χ4n) is 5.89. The molecule has 1 amide bonds. The van der Waals surface area contributed by atoms with Crippen molar-refractivity contribution in [2.75, 3.05) is 6.54 Å². The van der Waals surface area contributed by atoms with E-state index in [-0.39, 0.29) is 30.1 Å². The molecule has 0 N–H and O–H groups in total. The molecule has 1 unspecified atom stereocenters. The third kappa shape index (κ3) is 5.30. The molecule has 2 aliphatic heterocycles. The number of benzene rings is 2. The summed E-state index contributed by atoms with van der Waals surface area (Å²) >= 11 is 0. The van der Waals surface area contributed by atoms with E-state index >= 15 is 0 Å². The molecular formula is C27H25F7N4O2. The first-order valence-electron chi connectivity index (χ1n) is 12.5. The van der Waals surface area contributed by atoms with Crippen molar-refractivity contribution >= 4 is 5.91 Å². The van der Waals surface area contributed by atoms with Crippen LogP contribution in [0.3, 0.4) is 0 Å². The molecule has 214 valence electrons. The fourth-order valence-corrected chi connectivity index (χ4v) is 5.89. The lowest BCUT2D eigenvalue weighted by Crippen LogP contribution is -2.37. The van der Waals surface area contributed by atoms with Gasteiger partial charge in [-0.1, -0.05) is 12.1 Å². The van der Waals surface area contributed by atoms with Gasteiger partial charge in [-0.2, -0.15) is 26.3 Å². The minimum Gasteiger partial charge on any atom is -0.368 e. The van der Waals surface area contributed by atoms with Crippen LogP contribution in [0.15, 0.2) is 55.1 Å². The van der Waals surface area contributed by atoms with Gasteiger partial charge in [0.1, 0.15) is 18.5 Å². The third-order valence-electron chi connectivity index (χ3n) is 7.74. The van der Waals surface area contributed by atoms with Crippen LogP contribution in [0.1, 0.15) is 54.5 Å². The summed E-state index contributed by atoms with van der Waals surface area (Å²) in [6.07, 6.45) is -8.54. The fraction of sp³-hybridized carbons (Fsp3) is 0.444. The number of amides is 1. The highest BCUT2D eigenvalue weighted by molar-refractivity contribution is 5.85. The van der Waals surface area contributed by atoms with E-state index in [0.717, 1.165) is 0 Å². The average Bonchev–Trinajstić information content (AvgIpc) is 3.55. The molecule has 40 heavy (non-hydrogen) atoms. The Morgan fingerprint density at radius 2 is 1.57 bits per heavy atom. The van der Waals surface area contributed by atoms with Crippen LogP contribution in [0.2, 0.25) is 0 Å². The number of alkyl halides is 6. The Hall–Kier alpha value is -3.48. The molecule has 13 heteroatoms. The molecule has 5 rings (SSSR count). The van der Waals surface area contributed by atoms with E-state index in [9.17, 15) is 35.5 Å². The highest BCUT2D eigenvalue weighted by Crippen LogP contribution is 2.50. The summed E-state index contributed by atoms with van der Waals surface area (Å²) in [5.41, 5.74) is -3.34. The Morgan fingerprint density at radius 1 is 1.00 bits per heavy atom. The number of carbonyl (C=O) groups is 1. The Bertz CT molecular complexity index is 1340. The molecule has 0 radical (unpaired) electrons. The van der Waals surface area contributed by atoms with Gasteiger partial charge in [0, 0.05) is 25.0 Å². The second-order valence-electron chi connectivity index (χ2n) is 10.7. The van der Waals surface area contributed by atoms with E-state index in [1.54, 1.807) is 21.6 Å². The summed E-state index contributed by atoms with van der Waals surface area (Å²) in [5, 5.41) is 7.54. The summed E-state index contributed by atoms with van der Waals surface area (Å²) in [5.74, 6) is -1.15. The maximum Gasteiger partial charge on any atom is 0.416 e. The third-order valence-corrected chi connectivity index (χ3v) is 7.74. The van der Waals surface area contributed by atoms with Gasteiger partial charge in [0.2, 0.25) is 5.91 Å². The summed E-state index contributed by atoms with van der Waals surface area (Å²) in [4.78, 5) is 15.2. The van der Waals surface area contributed by atoms with Crippen LogP contribution >= 0.6 is 0 Å². The molecule has 1 aromatic heterocycles. The number of nitrogens with zero attached hydrogens (tertiary/aromatic N) is 4. The lowest BCUT2D eigenvalue weighted by atomic mass is 9.80. The Kier molecular flexibility index (Phi) is 6.92. The van der Waals surface area contributed by atoms with E-state index < -0.39 is 52.8 Å². The number of halogens is 7. The molecular weight excluding hydrogens is 545 g/mol. The largest absolute Gasteiger partial charge is 0.416 e. The predicted octanol–water partition coefficient (Wildman–Crippen LogP) is 6.01. The summed E-state index contributed by atoms with van der Waals surface area (Å²) in [7, 11) is 0. The van der Waals surface area contributed by atoms with Crippen LogP contribution < -0.4 is 0 Å². The SMILES string of the molecule is C[C@@H](O[C@H]1CN2C(=O)C(C)(Cn3cnnc3)C[C@H]2[C@@H]1c1ccc(F)cc1)c1cc(C(F)(F)F)cc(C(F)(F)F)c1.